The van der Waals surface area contributed by atoms with Crippen LogP contribution in [0.3, 0.4) is 0 Å². The minimum atomic E-state index is 0.255. The van der Waals surface area contributed by atoms with Crippen LogP contribution in [-0.2, 0) is 9.59 Å². The van der Waals surface area contributed by atoms with Gasteiger partial charge in [-0.2, -0.15) is 0 Å². The number of nitrogens with zero attached hydrogens (tertiary/aromatic N) is 1. The lowest BCUT2D eigenvalue weighted by molar-refractivity contribution is -0.117. The van der Waals surface area contributed by atoms with Crippen LogP contribution >= 0.6 is 0 Å². The number of piperidine rings is 1. The first-order valence-electron chi connectivity index (χ1n) is 9.04. The number of hydrogen-bond donors (Lipinski definition) is 0. The number of Topliss-reactive ketones (excluding diaryl/α,β-unsaturated/α-hetero) is 2. The fourth-order valence-corrected chi connectivity index (χ4v) is 2.09. The third-order valence-electron chi connectivity index (χ3n) is 4.05. The second-order valence-corrected chi connectivity index (χ2v) is 6.37. The Morgan fingerprint density at radius 1 is 0.955 bits per heavy atom. The van der Waals surface area contributed by atoms with E-state index in [-0.39, 0.29) is 5.78 Å². The van der Waals surface area contributed by atoms with Gasteiger partial charge in [0.2, 0.25) is 0 Å². The zero-order chi connectivity index (χ0) is 17.4. The molecule has 1 saturated heterocycles. The van der Waals surface area contributed by atoms with Crippen molar-refractivity contribution in [2.45, 2.75) is 86.0 Å². The number of likely N-dealkylation sites (tertiary alicyclic amines) is 1. The van der Waals surface area contributed by atoms with Gasteiger partial charge in [0.05, 0.1) is 0 Å². The van der Waals surface area contributed by atoms with Crippen LogP contribution in [0.25, 0.3) is 0 Å². The summed E-state index contributed by atoms with van der Waals surface area (Å²) in [7, 11) is 2.21. The van der Waals surface area contributed by atoms with Crippen molar-refractivity contribution in [1.29, 1.82) is 0 Å². The molecule has 0 aromatic heterocycles. The number of carbonyl (C=O) groups is 2. The predicted molar refractivity (Wildman–Crippen MR) is 96.3 cm³/mol. The van der Waals surface area contributed by atoms with Crippen LogP contribution in [0.1, 0.15) is 86.0 Å². The van der Waals surface area contributed by atoms with Crippen LogP contribution in [-0.4, -0.2) is 36.6 Å². The molecule has 0 aromatic rings. The Labute approximate surface area is 138 Å². The molecule has 0 bridgehead atoms. The van der Waals surface area contributed by atoms with E-state index in [9.17, 15) is 9.59 Å². The van der Waals surface area contributed by atoms with E-state index in [2.05, 4.69) is 25.8 Å². The Morgan fingerprint density at radius 2 is 1.45 bits per heavy atom. The average Bonchev–Trinajstić information content (AvgIpc) is 2.49. The highest BCUT2D eigenvalue weighted by molar-refractivity contribution is 5.75. The van der Waals surface area contributed by atoms with Gasteiger partial charge in [0.15, 0.2) is 0 Å². The first-order valence-corrected chi connectivity index (χ1v) is 9.04. The molecule has 22 heavy (non-hydrogen) atoms. The monoisotopic (exact) mass is 313 g/mol. The fraction of sp³-hybridized carbons (Fsp3) is 0.895. The summed E-state index contributed by atoms with van der Waals surface area (Å²) in [6.45, 7) is 12.2. The normalized spacial score (nSPS) is 15.2. The molecule has 0 spiro atoms. The lowest BCUT2D eigenvalue weighted by Gasteiger charge is -2.27. The number of carbonyl (C=O) groups excluding carboxylic acids is 2. The molecule has 1 heterocycles. The highest BCUT2D eigenvalue weighted by atomic mass is 16.1. The van der Waals surface area contributed by atoms with E-state index in [4.69, 9.17) is 0 Å². The Balaban J connectivity index is 0. The summed E-state index contributed by atoms with van der Waals surface area (Å²) in [4.78, 5) is 22.6. The lowest BCUT2D eigenvalue weighted by Crippen LogP contribution is -2.29. The molecule has 1 fully saturated rings. The van der Waals surface area contributed by atoms with E-state index < -0.39 is 0 Å². The Hall–Kier alpha value is -0.700. The first kappa shape index (κ1) is 23.6. The van der Waals surface area contributed by atoms with Crippen LogP contribution in [0.15, 0.2) is 0 Å². The lowest BCUT2D eigenvalue weighted by atomic mass is 9.95. The Bertz CT molecular complexity index is 269. The molecule has 132 valence electrons. The molecule has 0 N–H and O–H groups in total. The van der Waals surface area contributed by atoms with Crippen LogP contribution in [0.5, 0.6) is 0 Å². The summed E-state index contributed by atoms with van der Waals surface area (Å²) in [5, 5.41) is 0. The van der Waals surface area contributed by atoms with Crippen molar-refractivity contribution in [2.75, 3.05) is 20.1 Å². The molecule has 0 unspecified atom stereocenters. The van der Waals surface area contributed by atoms with E-state index in [0.717, 1.165) is 18.8 Å². The van der Waals surface area contributed by atoms with Gasteiger partial charge in [-0.15, -0.1) is 0 Å². The smallest absolute Gasteiger partial charge is 0.129 e. The van der Waals surface area contributed by atoms with Gasteiger partial charge in [-0.05, 0) is 59.2 Å². The van der Waals surface area contributed by atoms with E-state index in [1.807, 2.05) is 6.92 Å². The largest absolute Gasteiger partial charge is 0.306 e. The summed E-state index contributed by atoms with van der Waals surface area (Å²) in [6.07, 6.45) is 9.14. The quantitative estimate of drug-likeness (QED) is 0.656. The van der Waals surface area contributed by atoms with Gasteiger partial charge in [-0.25, -0.2) is 0 Å². The molecule has 3 nitrogen and oxygen atoms in total. The third-order valence-corrected chi connectivity index (χ3v) is 4.05. The highest BCUT2D eigenvalue weighted by Crippen LogP contribution is 2.18. The predicted octanol–water partition coefficient (Wildman–Crippen LogP) is 4.88. The molecule has 0 radical (unpaired) electrons. The van der Waals surface area contributed by atoms with Crippen LogP contribution < -0.4 is 0 Å². The summed E-state index contributed by atoms with van der Waals surface area (Å²) in [6, 6.07) is 0. The maximum Gasteiger partial charge on any atom is 0.129 e. The van der Waals surface area contributed by atoms with Crippen molar-refractivity contribution >= 4 is 11.6 Å². The maximum absolute atomic E-state index is 10.3. The second kappa shape index (κ2) is 16.7. The van der Waals surface area contributed by atoms with Crippen molar-refractivity contribution in [3.63, 3.8) is 0 Å². The standard InChI is InChI=1S/C8H17N.C7H14O.C4H8O/c1-3-8-4-6-9(2)7-5-8;1-3-4-5-6-7(2)8;1-3-4(2)5/h8H,3-7H2,1-2H3;3-6H2,1-2H3;3H2,1-2H3. The minimum absolute atomic E-state index is 0.255. The zero-order valence-electron chi connectivity index (χ0n) is 15.9. The van der Waals surface area contributed by atoms with Gasteiger partial charge in [0, 0.05) is 12.8 Å². The topological polar surface area (TPSA) is 37.4 Å². The molecule has 0 saturated carbocycles. The van der Waals surface area contributed by atoms with Crippen molar-refractivity contribution in [2.24, 2.45) is 5.92 Å². The molecular formula is C19H39NO2. The minimum Gasteiger partial charge on any atom is -0.306 e. The maximum atomic E-state index is 10.3. The summed E-state index contributed by atoms with van der Waals surface area (Å²) in [5.74, 6) is 1.60. The molecular weight excluding hydrogens is 274 g/mol. The molecule has 0 aromatic carbocycles. The van der Waals surface area contributed by atoms with Crippen molar-refractivity contribution in [3.8, 4) is 0 Å². The summed E-state index contributed by atoms with van der Waals surface area (Å²) >= 11 is 0. The van der Waals surface area contributed by atoms with E-state index in [1.165, 1.54) is 45.2 Å². The molecule has 1 aliphatic heterocycles. The van der Waals surface area contributed by atoms with Crippen LogP contribution in [0.2, 0.25) is 0 Å². The van der Waals surface area contributed by atoms with Crippen molar-refractivity contribution in [1.82, 2.24) is 4.90 Å². The van der Waals surface area contributed by atoms with Gasteiger partial charge < -0.3 is 14.5 Å². The number of rotatable bonds is 6. The average molecular weight is 314 g/mol. The van der Waals surface area contributed by atoms with E-state index >= 15 is 0 Å². The van der Waals surface area contributed by atoms with Gasteiger partial charge in [-0.3, -0.25) is 0 Å². The fourth-order valence-electron chi connectivity index (χ4n) is 2.09. The van der Waals surface area contributed by atoms with Crippen LogP contribution in [0.4, 0.5) is 0 Å². The second-order valence-electron chi connectivity index (χ2n) is 6.37. The van der Waals surface area contributed by atoms with E-state index in [1.54, 1.807) is 13.8 Å². The highest BCUT2D eigenvalue weighted by Gasteiger charge is 2.13. The van der Waals surface area contributed by atoms with Gasteiger partial charge in [0.1, 0.15) is 11.6 Å². The molecule has 1 rings (SSSR count). The van der Waals surface area contributed by atoms with Gasteiger partial charge in [-0.1, -0.05) is 40.0 Å². The Morgan fingerprint density at radius 3 is 1.77 bits per heavy atom. The Kier molecular flexibility index (Phi) is 17.9. The molecule has 3 heteroatoms. The van der Waals surface area contributed by atoms with E-state index in [0.29, 0.717) is 12.2 Å². The number of ketones is 2. The molecule has 1 aliphatic rings. The number of unbranched alkanes of at least 4 members (excludes halogenated alkanes) is 2. The first-order chi connectivity index (χ1) is 10.4. The van der Waals surface area contributed by atoms with Crippen LogP contribution in [0, 0.1) is 5.92 Å². The third kappa shape index (κ3) is 19.3. The molecule has 0 amide bonds. The van der Waals surface area contributed by atoms with Gasteiger partial charge in [0.25, 0.3) is 0 Å². The van der Waals surface area contributed by atoms with Crippen molar-refractivity contribution in [3.05, 3.63) is 0 Å². The zero-order valence-corrected chi connectivity index (χ0v) is 15.9. The number of hydrogen-bond acceptors (Lipinski definition) is 3. The summed E-state index contributed by atoms with van der Waals surface area (Å²) in [5.41, 5.74) is 0. The SMILES string of the molecule is CCC(C)=O.CCC1CCN(C)CC1.CCCCCC(C)=O. The van der Waals surface area contributed by atoms with Crippen molar-refractivity contribution < 1.29 is 9.59 Å². The van der Waals surface area contributed by atoms with Gasteiger partial charge >= 0.3 is 0 Å². The molecule has 0 aliphatic carbocycles. The summed E-state index contributed by atoms with van der Waals surface area (Å²) < 4.78 is 0. The molecule has 0 atom stereocenters.